The summed E-state index contributed by atoms with van der Waals surface area (Å²) < 4.78 is 5.58. The molecule has 18 heavy (non-hydrogen) atoms. The van der Waals surface area contributed by atoms with Gasteiger partial charge in [0.05, 0.1) is 12.7 Å². The van der Waals surface area contributed by atoms with E-state index in [1.807, 2.05) is 13.0 Å². The number of esters is 1. The molecule has 0 saturated carbocycles. The number of hydrogen-bond donors (Lipinski definition) is 1. The van der Waals surface area contributed by atoms with E-state index in [1.165, 1.54) is 7.11 Å². The maximum atomic E-state index is 11.3. The van der Waals surface area contributed by atoms with Crippen molar-refractivity contribution in [3.63, 3.8) is 0 Å². The van der Waals surface area contributed by atoms with Gasteiger partial charge in [-0.1, -0.05) is 28.9 Å². The molecule has 1 unspecified atom stereocenters. The van der Waals surface area contributed by atoms with E-state index in [0.29, 0.717) is 11.5 Å². The predicted molar refractivity (Wildman–Crippen MR) is 77.9 cm³/mol. The van der Waals surface area contributed by atoms with Crippen LogP contribution in [0, 0.1) is 5.92 Å². The lowest BCUT2D eigenvalue weighted by molar-refractivity contribution is 0.0600. The predicted octanol–water partition coefficient (Wildman–Crippen LogP) is 3.10. The lowest BCUT2D eigenvalue weighted by Gasteiger charge is -2.09. The van der Waals surface area contributed by atoms with E-state index in [-0.39, 0.29) is 12.6 Å². The zero-order chi connectivity index (χ0) is 13.5. The van der Waals surface area contributed by atoms with Gasteiger partial charge in [-0.15, -0.1) is 0 Å². The van der Waals surface area contributed by atoms with Gasteiger partial charge in [0.25, 0.3) is 0 Å². The number of halogens is 1. The molecule has 0 aliphatic carbocycles. The van der Waals surface area contributed by atoms with Crippen LogP contribution in [-0.2, 0) is 10.5 Å². The zero-order valence-electron chi connectivity index (χ0n) is 10.5. The summed E-state index contributed by atoms with van der Waals surface area (Å²) in [5.41, 5.74) is 1.68. The Balaban J connectivity index is 2.60. The molecule has 3 nitrogen and oxygen atoms in total. The Morgan fingerprint density at radius 3 is 2.83 bits per heavy atom. The van der Waals surface area contributed by atoms with Gasteiger partial charge in [0.15, 0.2) is 0 Å². The quantitative estimate of drug-likeness (QED) is 0.813. The highest BCUT2D eigenvalue weighted by Gasteiger charge is 2.09. The first-order valence-corrected chi connectivity index (χ1v) is 7.58. The molecule has 100 valence electrons. The third-order valence-corrected chi connectivity index (χ3v) is 4.50. The number of hydrogen-bond acceptors (Lipinski definition) is 4. The second-order valence-electron chi connectivity index (χ2n) is 4.10. The van der Waals surface area contributed by atoms with Crippen molar-refractivity contribution in [2.75, 3.05) is 19.5 Å². The molecule has 0 aliphatic heterocycles. The first kappa shape index (κ1) is 15.5. The third kappa shape index (κ3) is 4.63. The Bertz CT molecular complexity index is 409. The van der Waals surface area contributed by atoms with Crippen LogP contribution in [-0.4, -0.2) is 30.5 Å². The van der Waals surface area contributed by atoms with Gasteiger partial charge in [0, 0.05) is 16.8 Å². The maximum Gasteiger partial charge on any atom is 0.337 e. The van der Waals surface area contributed by atoms with E-state index in [0.717, 1.165) is 21.5 Å². The fourth-order valence-corrected chi connectivity index (χ4v) is 3.13. The van der Waals surface area contributed by atoms with Gasteiger partial charge in [-0.05, 0) is 29.4 Å². The molecule has 0 bridgehead atoms. The van der Waals surface area contributed by atoms with Crippen molar-refractivity contribution in [1.29, 1.82) is 0 Å². The molecule has 0 saturated heterocycles. The smallest absolute Gasteiger partial charge is 0.337 e. The van der Waals surface area contributed by atoms with Gasteiger partial charge in [0.2, 0.25) is 0 Å². The second kappa shape index (κ2) is 7.81. The van der Waals surface area contributed by atoms with Crippen LogP contribution in [0.5, 0.6) is 0 Å². The van der Waals surface area contributed by atoms with Gasteiger partial charge in [0.1, 0.15) is 0 Å². The molecule has 0 aromatic heterocycles. The summed E-state index contributed by atoms with van der Waals surface area (Å²) in [4.78, 5) is 11.3. The monoisotopic (exact) mass is 332 g/mol. The molecular formula is C13H17BrO3S. The summed E-state index contributed by atoms with van der Waals surface area (Å²) in [5, 5.41) is 8.94. The molecule has 0 spiro atoms. The average Bonchev–Trinajstić information content (AvgIpc) is 2.39. The Morgan fingerprint density at radius 2 is 2.28 bits per heavy atom. The molecule has 0 fully saturated rings. The number of carbonyl (C=O) groups is 1. The summed E-state index contributed by atoms with van der Waals surface area (Å²) in [6, 6.07) is 5.46. The van der Waals surface area contributed by atoms with Crippen molar-refractivity contribution < 1.29 is 14.6 Å². The van der Waals surface area contributed by atoms with Gasteiger partial charge in [-0.2, -0.15) is 11.8 Å². The molecule has 0 radical (unpaired) electrons. The molecular weight excluding hydrogens is 316 g/mol. The molecule has 0 heterocycles. The highest BCUT2D eigenvalue weighted by atomic mass is 79.9. The van der Waals surface area contributed by atoms with Crippen LogP contribution in [0.4, 0.5) is 0 Å². The molecule has 1 aromatic carbocycles. The van der Waals surface area contributed by atoms with Gasteiger partial charge < -0.3 is 9.84 Å². The summed E-state index contributed by atoms with van der Waals surface area (Å²) in [7, 11) is 1.37. The van der Waals surface area contributed by atoms with Crippen LogP contribution in [0.25, 0.3) is 0 Å². The summed E-state index contributed by atoms with van der Waals surface area (Å²) in [6.45, 7) is 2.23. The van der Waals surface area contributed by atoms with E-state index < -0.39 is 0 Å². The summed E-state index contributed by atoms with van der Waals surface area (Å²) in [6.07, 6.45) is 0. The molecule has 0 amide bonds. The van der Waals surface area contributed by atoms with Crippen LogP contribution in [0.15, 0.2) is 22.7 Å². The fourth-order valence-electron chi connectivity index (χ4n) is 1.33. The van der Waals surface area contributed by atoms with E-state index >= 15 is 0 Å². The zero-order valence-corrected chi connectivity index (χ0v) is 12.9. The maximum absolute atomic E-state index is 11.3. The number of carbonyl (C=O) groups excluding carboxylic acids is 1. The second-order valence-corrected chi connectivity index (χ2v) is 5.99. The van der Waals surface area contributed by atoms with Crippen molar-refractivity contribution in [1.82, 2.24) is 0 Å². The van der Waals surface area contributed by atoms with E-state index in [9.17, 15) is 4.79 Å². The van der Waals surface area contributed by atoms with Crippen LogP contribution in [0.1, 0.15) is 22.8 Å². The normalized spacial score (nSPS) is 12.2. The molecule has 1 atom stereocenters. The SMILES string of the molecule is COC(=O)c1ccc(CSCC(C)CO)c(Br)c1. The number of rotatable bonds is 6. The molecule has 1 N–H and O–H groups in total. The number of aliphatic hydroxyl groups excluding tert-OH is 1. The van der Waals surface area contributed by atoms with Crippen molar-refractivity contribution in [2.45, 2.75) is 12.7 Å². The largest absolute Gasteiger partial charge is 0.465 e. The molecule has 1 rings (SSSR count). The standard InChI is InChI=1S/C13H17BrO3S/c1-9(6-15)7-18-8-11-4-3-10(5-12(11)14)13(16)17-2/h3-5,9,15H,6-8H2,1-2H3. The summed E-state index contributed by atoms with van der Waals surface area (Å²) in [5.74, 6) is 1.75. The Kier molecular flexibility index (Phi) is 6.75. The van der Waals surface area contributed by atoms with Crippen LogP contribution in [0.2, 0.25) is 0 Å². The average molecular weight is 333 g/mol. The molecule has 5 heteroatoms. The highest BCUT2D eigenvalue weighted by Crippen LogP contribution is 2.24. The summed E-state index contributed by atoms with van der Waals surface area (Å²) >= 11 is 5.23. The van der Waals surface area contributed by atoms with Gasteiger partial charge in [-0.25, -0.2) is 4.79 Å². The van der Waals surface area contributed by atoms with Gasteiger partial charge in [-0.3, -0.25) is 0 Å². The highest BCUT2D eigenvalue weighted by molar-refractivity contribution is 9.10. The Hall–Kier alpha value is -0.520. The van der Waals surface area contributed by atoms with E-state index in [2.05, 4.69) is 20.7 Å². The van der Waals surface area contributed by atoms with Crippen LogP contribution >= 0.6 is 27.7 Å². The third-order valence-electron chi connectivity index (χ3n) is 2.45. The topological polar surface area (TPSA) is 46.5 Å². The van der Waals surface area contributed by atoms with Crippen LogP contribution in [0.3, 0.4) is 0 Å². The number of methoxy groups -OCH3 is 1. The van der Waals surface area contributed by atoms with E-state index in [1.54, 1.807) is 23.9 Å². The number of ether oxygens (including phenoxy) is 1. The molecule has 1 aromatic rings. The number of benzene rings is 1. The van der Waals surface area contributed by atoms with E-state index in [4.69, 9.17) is 5.11 Å². The van der Waals surface area contributed by atoms with Crippen LogP contribution < -0.4 is 0 Å². The van der Waals surface area contributed by atoms with Crippen molar-refractivity contribution >= 4 is 33.7 Å². The van der Waals surface area contributed by atoms with Crippen molar-refractivity contribution in [3.05, 3.63) is 33.8 Å². The minimum Gasteiger partial charge on any atom is -0.465 e. The Labute approximate surface area is 120 Å². The first-order chi connectivity index (χ1) is 8.58. The van der Waals surface area contributed by atoms with Gasteiger partial charge >= 0.3 is 5.97 Å². The lowest BCUT2D eigenvalue weighted by Crippen LogP contribution is -2.04. The minimum absolute atomic E-state index is 0.218. The minimum atomic E-state index is -0.330. The Morgan fingerprint density at radius 1 is 1.56 bits per heavy atom. The van der Waals surface area contributed by atoms with Crippen molar-refractivity contribution in [2.24, 2.45) is 5.92 Å². The fraction of sp³-hybridized carbons (Fsp3) is 0.462. The number of thioether (sulfide) groups is 1. The first-order valence-electron chi connectivity index (χ1n) is 5.63. The lowest BCUT2D eigenvalue weighted by atomic mass is 10.1. The number of aliphatic hydroxyl groups is 1. The van der Waals surface area contributed by atoms with Crippen molar-refractivity contribution in [3.8, 4) is 0 Å². The molecule has 0 aliphatic rings.